The van der Waals surface area contributed by atoms with Crippen molar-refractivity contribution in [2.75, 3.05) is 6.54 Å². The Bertz CT molecular complexity index is 592. The SMILES string of the molecule is Cc1cc(C(=O)O)cc(S(=O)(=O)NC[C@@H](C)O)c1C. The normalized spacial score (nSPS) is 13.3. The summed E-state index contributed by atoms with van der Waals surface area (Å²) in [7, 11) is -3.84. The topological polar surface area (TPSA) is 104 Å². The predicted octanol–water partition coefficient (Wildman–Crippen LogP) is 0.661. The Labute approximate surface area is 112 Å². The number of carbonyl (C=O) groups is 1. The Kier molecular flexibility index (Phi) is 4.67. The van der Waals surface area contributed by atoms with E-state index in [0.717, 1.165) is 6.07 Å². The number of benzene rings is 1. The lowest BCUT2D eigenvalue weighted by Gasteiger charge is -2.13. The number of carboxylic acids is 1. The zero-order valence-electron chi connectivity index (χ0n) is 11.0. The van der Waals surface area contributed by atoms with Crippen LogP contribution < -0.4 is 4.72 Å². The minimum atomic E-state index is -3.84. The van der Waals surface area contributed by atoms with Crippen molar-refractivity contribution in [3.63, 3.8) is 0 Å². The van der Waals surface area contributed by atoms with E-state index in [-0.39, 0.29) is 17.0 Å². The van der Waals surface area contributed by atoms with Gasteiger partial charge in [-0.05, 0) is 44.0 Å². The summed E-state index contributed by atoms with van der Waals surface area (Å²) in [5, 5.41) is 18.1. The summed E-state index contributed by atoms with van der Waals surface area (Å²) in [4.78, 5) is 10.9. The monoisotopic (exact) mass is 287 g/mol. The quantitative estimate of drug-likeness (QED) is 0.738. The number of hydrogen-bond donors (Lipinski definition) is 3. The summed E-state index contributed by atoms with van der Waals surface area (Å²) in [5.41, 5.74) is 0.987. The number of nitrogens with one attached hydrogen (secondary N) is 1. The fraction of sp³-hybridized carbons (Fsp3) is 0.417. The molecule has 0 radical (unpaired) electrons. The number of aliphatic hydroxyl groups is 1. The number of hydrogen-bond acceptors (Lipinski definition) is 4. The summed E-state index contributed by atoms with van der Waals surface area (Å²) in [6, 6.07) is 2.54. The molecule has 3 N–H and O–H groups in total. The lowest BCUT2D eigenvalue weighted by Crippen LogP contribution is -2.31. The molecule has 106 valence electrons. The van der Waals surface area contributed by atoms with Gasteiger partial charge in [0.1, 0.15) is 0 Å². The Balaban J connectivity index is 3.29. The molecule has 6 nitrogen and oxygen atoms in total. The van der Waals surface area contributed by atoms with E-state index < -0.39 is 22.1 Å². The van der Waals surface area contributed by atoms with Crippen molar-refractivity contribution in [2.24, 2.45) is 0 Å². The molecule has 0 heterocycles. The number of carboxylic acid groups (broad SMARTS) is 1. The molecule has 0 saturated carbocycles. The molecular weight excluding hydrogens is 270 g/mol. The van der Waals surface area contributed by atoms with E-state index in [4.69, 9.17) is 10.2 Å². The first-order valence-electron chi connectivity index (χ1n) is 5.67. The van der Waals surface area contributed by atoms with Crippen LogP contribution in [0.25, 0.3) is 0 Å². The zero-order valence-corrected chi connectivity index (χ0v) is 11.8. The van der Waals surface area contributed by atoms with Crippen molar-refractivity contribution >= 4 is 16.0 Å². The molecule has 0 aromatic heterocycles. The van der Waals surface area contributed by atoms with Gasteiger partial charge < -0.3 is 10.2 Å². The van der Waals surface area contributed by atoms with E-state index in [1.54, 1.807) is 13.8 Å². The van der Waals surface area contributed by atoms with Gasteiger partial charge in [-0.15, -0.1) is 0 Å². The van der Waals surface area contributed by atoms with E-state index in [9.17, 15) is 13.2 Å². The predicted molar refractivity (Wildman–Crippen MR) is 69.7 cm³/mol. The molecule has 19 heavy (non-hydrogen) atoms. The minimum Gasteiger partial charge on any atom is -0.478 e. The van der Waals surface area contributed by atoms with Crippen molar-refractivity contribution in [1.29, 1.82) is 0 Å². The standard InChI is InChI=1S/C12H17NO5S/c1-7-4-10(12(15)16)5-11(9(7)3)19(17,18)13-6-8(2)14/h4-5,8,13-14H,6H2,1-3H3,(H,15,16)/t8-/m1/s1. The smallest absolute Gasteiger partial charge is 0.335 e. The van der Waals surface area contributed by atoms with Crippen molar-refractivity contribution in [3.8, 4) is 0 Å². The molecule has 0 fully saturated rings. The first-order valence-corrected chi connectivity index (χ1v) is 7.15. The molecule has 0 aliphatic carbocycles. The van der Waals surface area contributed by atoms with E-state index in [1.165, 1.54) is 13.0 Å². The molecule has 0 saturated heterocycles. The molecule has 1 aromatic rings. The molecule has 1 aromatic carbocycles. The maximum Gasteiger partial charge on any atom is 0.335 e. The van der Waals surface area contributed by atoms with Crippen LogP contribution in [-0.4, -0.2) is 37.2 Å². The second kappa shape index (κ2) is 5.68. The number of rotatable bonds is 5. The summed E-state index contributed by atoms with van der Waals surface area (Å²) in [6.45, 7) is 4.58. The van der Waals surface area contributed by atoms with Crippen LogP contribution in [0.5, 0.6) is 0 Å². The summed E-state index contributed by atoms with van der Waals surface area (Å²) >= 11 is 0. The van der Waals surface area contributed by atoms with E-state index in [0.29, 0.717) is 11.1 Å². The fourth-order valence-corrected chi connectivity index (χ4v) is 3.00. The van der Waals surface area contributed by atoms with Crippen molar-refractivity contribution in [1.82, 2.24) is 4.72 Å². The third-order valence-electron chi connectivity index (χ3n) is 2.72. The van der Waals surface area contributed by atoms with Crippen LogP contribution in [-0.2, 0) is 10.0 Å². The van der Waals surface area contributed by atoms with Crippen LogP contribution in [0.3, 0.4) is 0 Å². The highest BCUT2D eigenvalue weighted by Crippen LogP contribution is 2.21. The van der Waals surface area contributed by atoms with Gasteiger partial charge in [0, 0.05) is 6.54 Å². The Hall–Kier alpha value is -1.44. The van der Waals surface area contributed by atoms with Crippen molar-refractivity contribution in [3.05, 3.63) is 28.8 Å². The molecule has 1 atom stereocenters. The van der Waals surface area contributed by atoms with Crippen LogP contribution in [0, 0.1) is 13.8 Å². The van der Waals surface area contributed by atoms with Crippen molar-refractivity contribution in [2.45, 2.75) is 31.8 Å². The average Bonchev–Trinajstić information content (AvgIpc) is 2.29. The third-order valence-corrected chi connectivity index (χ3v) is 4.27. The van der Waals surface area contributed by atoms with Gasteiger partial charge in [-0.25, -0.2) is 17.9 Å². The number of aliphatic hydroxyl groups excluding tert-OH is 1. The highest BCUT2D eigenvalue weighted by atomic mass is 32.2. The van der Waals surface area contributed by atoms with Crippen LogP contribution in [0.1, 0.15) is 28.4 Å². The van der Waals surface area contributed by atoms with Gasteiger partial charge >= 0.3 is 5.97 Å². The molecule has 1 rings (SSSR count). The van der Waals surface area contributed by atoms with Gasteiger partial charge in [0.25, 0.3) is 0 Å². The van der Waals surface area contributed by atoms with Gasteiger partial charge in [0.05, 0.1) is 16.6 Å². The molecule has 0 bridgehead atoms. The van der Waals surface area contributed by atoms with Gasteiger partial charge in [-0.3, -0.25) is 0 Å². The lowest BCUT2D eigenvalue weighted by atomic mass is 10.1. The van der Waals surface area contributed by atoms with Crippen LogP contribution in [0.15, 0.2) is 17.0 Å². The molecule has 0 spiro atoms. The van der Waals surface area contributed by atoms with Gasteiger partial charge in [-0.2, -0.15) is 0 Å². The molecule has 0 aliphatic rings. The van der Waals surface area contributed by atoms with Crippen LogP contribution >= 0.6 is 0 Å². The molecule has 0 amide bonds. The van der Waals surface area contributed by atoms with Crippen molar-refractivity contribution < 1.29 is 23.4 Å². The second-order valence-electron chi connectivity index (χ2n) is 4.42. The highest BCUT2D eigenvalue weighted by Gasteiger charge is 2.20. The lowest BCUT2D eigenvalue weighted by molar-refractivity contribution is 0.0696. The first-order chi connectivity index (χ1) is 8.65. The Morgan fingerprint density at radius 1 is 1.37 bits per heavy atom. The third kappa shape index (κ3) is 3.76. The van der Waals surface area contributed by atoms with Gasteiger partial charge in [-0.1, -0.05) is 0 Å². The molecule has 0 aliphatic heterocycles. The van der Waals surface area contributed by atoms with E-state index in [2.05, 4.69) is 4.72 Å². The first kappa shape index (κ1) is 15.6. The van der Waals surface area contributed by atoms with E-state index >= 15 is 0 Å². The molecule has 0 unspecified atom stereocenters. The number of sulfonamides is 1. The van der Waals surface area contributed by atoms with E-state index in [1.807, 2.05) is 0 Å². The van der Waals surface area contributed by atoms with Gasteiger partial charge in [0.15, 0.2) is 0 Å². The Morgan fingerprint density at radius 3 is 2.42 bits per heavy atom. The maximum absolute atomic E-state index is 12.1. The summed E-state index contributed by atoms with van der Waals surface area (Å²) in [6.07, 6.45) is -0.821. The number of aryl methyl sites for hydroxylation is 1. The maximum atomic E-state index is 12.1. The summed E-state index contributed by atoms with van der Waals surface area (Å²) in [5.74, 6) is -1.19. The Morgan fingerprint density at radius 2 is 1.95 bits per heavy atom. The molecular formula is C12H17NO5S. The largest absolute Gasteiger partial charge is 0.478 e. The van der Waals surface area contributed by atoms with Crippen LogP contribution in [0.4, 0.5) is 0 Å². The average molecular weight is 287 g/mol. The zero-order chi connectivity index (χ0) is 14.8. The van der Waals surface area contributed by atoms with Gasteiger partial charge in [0.2, 0.25) is 10.0 Å². The number of aromatic carboxylic acids is 1. The fourth-order valence-electron chi connectivity index (χ4n) is 1.54. The molecule has 7 heteroatoms. The second-order valence-corrected chi connectivity index (χ2v) is 6.16. The van der Waals surface area contributed by atoms with Crippen LogP contribution in [0.2, 0.25) is 0 Å². The summed E-state index contributed by atoms with van der Waals surface area (Å²) < 4.78 is 26.4. The highest BCUT2D eigenvalue weighted by molar-refractivity contribution is 7.89. The minimum absolute atomic E-state index is 0.0782.